The number of benzene rings is 1. The molecule has 118 valence electrons. The lowest BCUT2D eigenvalue weighted by atomic mass is 10.0. The van der Waals surface area contributed by atoms with Gasteiger partial charge in [0.05, 0.1) is 4.90 Å². The normalized spacial score (nSPS) is 24.1. The molecule has 2 unspecified atom stereocenters. The largest absolute Gasteiger partial charge is 0.311 e. The average molecular weight is 310 g/mol. The number of rotatable bonds is 5. The van der Waals surface area contributed by atoms with Crippen LogP contribution in [0.5, 0.6) is 0 Å². The Bertz CT molecular complexity index is 554. The summed E-state index contributed by atoms with van der Waals surface area (Å²) >= 11 is 0. The summed E-state index contributed by atoms with van der Waals surface area (Å²) in [7, 11) is -3.10. The molecule has 0 amide bonds. The van der Waals surface area contributed by atoms with Crippen LogP contribution in [0.15, 0.2) is 29.2 Å². The van der Waals surface area contributed by atoms with E-state index in [1.165, 1.54) is 11.8 Å². The van der Waals surface area contributed by atoms with Crippen LogP contribution < -0.4 is 5.32 Å². The van der Waals surface area contributed by atoms with Crippen molar-refractivity contribution >= 4 is 9.84 Å². The Kier molecular flexibility index (Phi) is 5.41. The van der Waals surface area contributed by atoms with Crippen LogP contribution in [0.4, 0.5) is 0 Å². The second-order valence-corrected chi connectivity index (χ2v) is 7.94. The molecule has 2 rings (SSSR count). The molecule has 0 radical (unpaired) electrons. The van der Waals surface area contributed by atoms with Gasteiger partial charge in [-0.2, -0.15) is 0 Å². The molecular weight excluding hydrogens is 284 g/mol. The summed E-state index contributed by atoms with van der Waals surface area (Å²) in [6.07, 6.45) is 3.52. The summed E-state index contributed by atoms with van der Waals surface area (Å²) in [5.41, 5.74) is 1.18. The third-order valence-electron chi connectivity index (χ3n) is 4.31. The number of nitrogens with one attached hydrogen (secondary N) is 1. The molecule has 21 heavy (non-hydrogen) atoms. The van der Waals surface area contributed by atoms with Crippen LogP contribution >= 0.6 is 0 Å². The van der Waals surface area contributed by atoms with Crippen LogP contribution in [0.1, 0.15) is 32.3 Å². The first-order valence-corrected chi connectivity index (χ1v) is 9.59. The van der Waals surface area contributed by atoms with E-state index in [0.29, 0.717) is 17.0 Å². The van der Waals surface area contributed by atoms with E-state index in [0.717, 1.165) is 32.5 Å². The standard InChI is InChI=1S/C16H26N2O2S/c1-4-14-12-18(15(5-2)10-17-14)11-13-6-8-16(9-7-13)21(3,19)20/h6-9,14-15,17H,4-5,10-12H2,1-3H3. The van der Waals surface area contributed by atoms with Crippen LogP contribution in [0.3, 0.4) is 0 Å². The second-order valence-electron chi connectivity index (χ2n) is 5.92. The van der Waals surface area contributed by atoms with Gasteiger partial charge in [0.2, 0.25) is 0 Å². The summed E-state index contributed by atoms with van der Waals surface area (Å²) in [5.74, 6) is 0. The maximum Gasteiger partial charge on any atom is 0.175 e. The third kappa shape index (κ3) is 4.28. The summed E-state index contributed by atoms with van der Waals surface area (Å²) < 4.78 is 23.0. The van der Waals surface area contributed by atoms with E-state index in [1.54, 1.807) is 12.1 Å². The molecule has 1 aliphatic rings. The first kappa shape index (κ1) is 16.5. The maximum absolute atomic E-state index is 11.5. The van der Waals surface area contributed by atoms with E-state index in [9.17, 15) is 8.42 Å². The Balaban J connectivity index is 2.08. The van der Waals surface area contributed by atoms with Crippen molar-refractivity contribution in [2.45, 2.75) is 50.2 Å². The zero-order valence-corrected chi connectivity index (χ0v) is 14.0. The summed E-state index contributed by atoms with van der Waals surface area (Å²) in [6.45, 7) is 7.42. The van der Waals surface area contributed by atoms with Crippen molar-refractivity contribution in [2.75, 3.05) is 19.3 Å². The Morgan fingerprint density at radius 1 is 1.19 bits per heavy atom. The fourth-order valence-electron chi connectivity index (χ4n) is 2.87. The van der Waals surface area contributed by atoms with Crippen LogP contribution in [0.2, 0.25) is 0 Å². The van der Waals surface area contributed by atoms with Crippen molar-refractivity contribution in [3.8, 4) is 0 Å². The van der Waals surface area contributed by atoms with E-state index in [-0.39, 0.29) is 0 Å². The van der Waals surface area contributed by atoms with Gasteiger partial charge in [-0.3, -0.25) is 4.90 Å². The van der Waals surface area contributed by atoms with Gasteiger partial charge >= 0.3 is 0 Å². The number of piperazine rings is 1. The molecule has 5 heteroatoms. The molecule has 0 bridgehead atoms. The molecule has 1 aromatic rings. The van der Waals surface area contributed by atoms with E-state index >= 15 is 0 Å². The van der Waals surface area contributed by atoms with Crippen LogP contribution in [-0.4, -0.2) is 44.7 Å². The third-order valence-corrected chi connectivity index (χ3v) is 5.44. The summed E-state index contributed by atoms with van der Waals surface area (Å²) in [6, 6.07) is 8.42. The van der Waals surface area contributed by atoms with E-state index in [4.69, 9.17) is 0 Å². The zero-order valence-electron chi connectivity index (χ0n) is 13.2. The van der Waals surface area contributed by atoms with Crippen molar-refractivity contribution in [1.82, 2.24) is 10.2 Å². The van der Waals surface area contributed by atoms with E-state index < -0.39 is 9.84 Å². The van der Waals surface area contributed by atoms with Crippen molar-refractivity contribution in [2.24, 2.45) is 0 Å². The molecule has 2 atom stereocenters. The predicted molar refractivity (Wildman–Crippen MR) is 86.1 cm³/mol. The predicted octanol–water partition coefficient (Wildman–Crippen LogP) is 2.05. The molecule has 0 saturated carbocycles. The smallest absolute Gasteiger partial charge is 0.175 e. The topological polar surface area (TPSA) is 49.4 Å². The van der Waals surface area contributed by atoms with Gasteiger partial charge in [0.1, 0.15) is 0 Å². The first-order valence-electron chi connectivity index (χ1n) is 7.70. The fourth-order valence-corrected chi connectivity index (χ4v) is 3.51. The summed E-state index contributed by atoms with van der Waals surface area (Å²) in [4.78, 5) is 2.91. The minimum Gasteiger partial charge on any atom is -0.311 e. The van der Waals surface area contributed by atoms with Crippen LogP contribution in [0, 0.1) is 0 Å². The molecule has 0 spiro atoms. The highest BCUT2D eigenvalue weighted by Gasteiger charge is 2.25. The van der Waals surface area contributed by atoms with Crippen LogP contribution in [-0.2, 0) is 16.4 Å². The SMILES string of the molecule is CCC1CN(Cc2ccc(S(C)(=O)=O)cc2)C(CC)CN1. The number of hydrogen-bond donors (Lipinski definition) is 1. The van der Waals surface area contributed by atoms with Gasteiger partial charge in [0, 0.05) is 38.0 Å². The van der Waals surface area contributed by atoms with Gasteiger partial charge in [0.25, 0.3) is 0 Å². The number of sulfone groups is 1. The monoisotopic (exact) mass is 310 g/mol. The molecule has 1 heterocycles. The minimum atomic E-state index is -3.10. The molecule has 1 fully saturated rings. The minimum absolute atomic E-state index is 0.394. The highest BCUT2D eigenvalue weighted by atomic mass is 32.2. The highest BCUT2D eigenvalue weighted by Crippen LogP contribution is 2.17. The molecule has 0 aromatic heterocycles. The Hall–Kier alpha value is -0.910. The average Bonchev–Trinajstić information content (AvgIpc) is 2.46. The Labute approximate surface area is 128 Å². The molecule has 1 aliphatic heterocycles. The zero-order chi connectivity index (χ0) is 15.5. The van der Waals surface area contributed by atoms with Crippen molar-refractivity contribution < 1.29 is 8.42 Å². The molecule has 0 aliphatic carbocycles. The number of hydrogen-bond acceptors (Lipinski definition) is 4. The lowest BCUT2D eigenvalue weighted by Crippen LogP contribution is -2.55. The summed E-state index contributed by atoms with van der Waals surface area (Å²) in [5, 5.41) is 3.59. The number of nitrogens with zero attached hydrogens (tertiary/aromatic N) is 1. The fraction of sp³-hybridized carbons (Fsp3) is 0.625. The quantitative estimate of drug-likeness (QED) is 0.904. The van der Waals surface area contributed by atoms with Gasteiger partial charge < -0.3 is 5.32 Å². The van der Waals surface area contributed by atoms with Gasteiger partial charge in [-0.05, 0) is 30.5 Å². The van der Waals surface area contributed by atoms with Gasteiger partial charge in [-0.25, -0.2) is 8.42 Å². The van der Waals surface area contributed by atoms with E-state index in [1.807, 2.05) is 12.1 Å². The van der Waals surface area contributed by atoms with Gasteiger partial charge in [-0.1, -0.05) is 26.0 Å². The van der Waals surface area contributed by atoms with E-state index in [2.05, 4.69) is 24.1 Å². The molecule has 1 N–H and O–H groups in total. The van der Waals surface area contributed by atoms with Crippen molar-refractivity contribution in [1.29, 1.82) is 0 Å². The Morgan fingerprint density at radius 3 is 2.38 bits per heavy atom. The lowest BCUT2D eigenvalue weighted by Gasteiger charge is -2.40. The van der Waals surface area contributed by atoms with Crippen molar-refractivity contribution in [3.63, 3.8) is 0 Å². The second kappa shape index (κ2) is 6.90. The first-order chi connectivity index (χ1) is 9.94. The lowest BCUT2D eigenvalue weighted by molar-refractivity contribution is 0.117. The maximum atomic E-state index is 11.5. The molecule has 1 saturated heterocycles. The molecule has 1 aromatic carbocycles. The van der Waals surface area contributed by atoms with Crippen LogP contribution in [0.25, 0.3) is 0 Å². The van der Waals surface area contributed by atoms with Crippen molar-refractivity contribution in [3.05, 3.63) is 29.8 Å². The molecular formula is C16H26N2O2S. The van der Waals surface area contributed by atoms with Gasteiger partial charge in [-0.15, -0.1) is 0 Å². The highest BCUT2D eigenvalue weighted by molar-refractivity contribution is 7.90. The molecule has 4 nitrogen and oxygen atoms in total. The van der Waals surface area contributed by atoms with Gasteiger partial charge in [0.15, 0.2) is 9.84 Å². The Morgan fingerprint density at radius 2 is 1.86 bits per heavy atom.